The van der Waals surface area contributed by atoms with Gasteiger partial charge in [-0.15, -0.1) is 0 Å². The number of unbranched alkanes of at least 4 members (excludes halogenated alkanes) is 3. The Labute approximate surface area is 227 Å². The van der Waals surface area contributed by atoms with Crippen molar-refractivity contribution in [3.8, 4) is 22.6 Å². The maximum atomic E-state index is 15.1. The molecule has 4 rings (SSSR count). The second-order valence-corrected chi connectivity index (χ2v) is 10.2. The molecule has 0 saturated heterocycles. The van der Waals surface area contributed by atoms with Crippen LogP contribution in [0.25, 0.3) is 11.1 Å². The van der Waals surface area contributed by atoms with Gasteiger partial charge < -0.3 is 9.47 Å². The van der Waals surface area contributed by atoms with Crippen molar-refractivity contribution in [2.45, 2.75) is 77.0 Å². The van der Waals surface area contributed by atoms with Gasteiger partial charge in [-0.05, 0) is 86.3 Å². The van der Waals surface area contributed by atoms with E-state index in [0.29, 0.717) is 37.9 Å². The smallest absolute Gasteiger partial charge is 0.201 e. The zero-order valence-electron chi connectivity index (χ0n) is 22.5. The van der Waals surface area contributed by atoms with Gasteiger partial charge in [0.25, 0.3) is 0 Å². The first-order valence-electron chi connectivity index (χ1n) is 13.9. The molecule has 1 aliphatic rings. The third kappa shape index (κ3) is 6.56. The molecular weight excluding hydrogens is 511 g/mol. The van der Waals surface area contributed by atoms with Gasteiger partial charge in [0, 0.05) is 11.1 Å². The first kappa shape index (κ1) is 28.9. The number of rotatable bonds is 11. The molecule has 0 amide bonds. The molecule has 0 aliphatic heterocycles. The molecule has 2 nitrogen and oxygen atoms in total. The van der Waals surface area contributed by atoms with Gasteiger partial charge in [0.15, 0.2) is 23.1 Å². The summed E-state index contributed by atoms with van der Waals surface area (Å²) < 4.78 is 84.1. The molecule has 1 saturated carbocycles. The van der Waals surface area contributed by atoms with Crippen LogP contribution in [-0.4, -0.2) is 13.2 Å². The molecule has 0 unspecified atom stereocenters. The second-order valence-electron chi connectivity index (χ2n) is 10.2. The largest absolute Gasteiger partial charge is 0.491 e. The van der Waals surface area contributed by atoms with E-state index in [2.05, 4.69) is 6.92 Å². The highest BCUT2D eigenvalue weighted by Gasteiger charge is 2.28. The average molecular weight is 547 g/mol. The SMILES string of the molecule is CCCCCCOc1ccc([C@H]2CC[C@H](c3ccc(-c4ccc(OCC)c(F)c4F)c(F)c3)CC2)c(F)c1F. The Morgan fingerprint density at radius 2 is 1.28 bits per heavy atom. The molecule has 1 fully saturated rings. The van der Waals surface area contributed by atoms with E-state index in [9.17, 15) is 17.6 Å². The second kappa shape index (κ2) is 13.3. The number of ether oxygens (including phenoxy) is 2. The van der Waals surface area contributed by atoms with Crippen molar-refractivity contribution in [3.63, 3.8) is 0 Å². The monoisotopic (exact) mass is 546 g/mol. The van der Waals surface area contributed by atoms with Crippen molar-refractivity contribution >= 4 is 0 Å². The van der Waals surface area contributed by atoms with Gasteiger partial charge in [-0.2, -0.15) is 8.78 Å². The molecular formula is C32H35F5O2. The molecule has 0 spiro atoms. The fraction of sp³-hybridized carbons (Fsp3) is 0.438. The summed E-state index contributed by atoms with van der Waals surface area (Å²) in [5, 5.41) is 0. The van der Waals surface area contributed by atoms with Crippen molar-refractivity contribution < 1.29 is 31.4 Å². The lowest BCUT2D eigenvalue weighted by Gasteiger charge is -2.29. The van der Waals surface area contributed by atoms with E-state index in [0.717, 1.165) is 31.2 Å². The normalized spacial score (nSPS) is 17.3. The van der Waals surface area contributed by atoms with Gasteiger partial charge in [0.05, 0.1) is 13.2 Å². The van der Waals surface area contributed by atoms with Crippen molar-refractivity contribution in [2.24, 2.45) is 0 Å². The lowest BCUT2D eigenvalue weighted by atomic mass is 9.76. The molecule has 0 aromatic heterocycles. The van der Waals surface area contributed by atoms with Gasteiger partial charge in [0.2, 0.25) is 11.6 Å². The summed E-state index contributed by atoms with van der Waals surface area (Å²) in [4.78, 5) is 0. The van der Waals surface area contributed by atoms with Crippen molar-refractivity contribution in [1.82, 2.24) is 0 Å². The third-order valence-corrected chi connectivity index (χ3v) is 7.60. The average Bonchev–Trinajstić information content (AvgIpc) is 2.94. The standard InChI is InChI=1S/C32H35F5O2/c1-3-5-6-7-18-39-28-16-14-23(29(34)32(28)37)21-10-8-20(9-11-21)22-12-13-24(26(33)19-22)25-15-17-27(38-4-2)31(36)30(25)35/h12-17,19-21H,3-11,18H2,1-2H3/t20-,21-. The lowest BCUT2D eigenvalue weighted by Crippen LogP contribution is -2.14. The molecule has 0 radical (unpaired) electrons. The van der Waals surface area contributed by atoms with Crippen LogP contribution in [0.5, 0.6) is 11.5 Å². The summed E-state index contributed by atoms with van der Waals surface area (Å²) in [6.45, 7) is 4.30. The third-order valence-electron chi connectivity index (χ3n) is 7.60. The Balaban J connectivity index is 1.40. The zero-order valence-corrected chi connectivity index (χ0v) is 22.5. The first-order chi connectivity index (χ1) is 18.8. The highest BCUT2D eigenvalue weighted by molar-refractivity contribution is 5.66. The Morgan fingerprint density at radius 3 is 1.97 bits per heavy atom. The molecule has 7 heteroatoms. The minimum Gasteiger partial charge on any atom is -0.491 e. The van der Waals surface area contributed by atoms with E-state index < -0.39 is 29.1 Å². The van der Waals surface area contributed by atoms with Crippen LogP contribution in [0.1, 0.15) is 88.2 Å². The Bertz CT molecular complexity index is 1270. The molecule has 0 atom stereocenters. The highest BCUT2D eigenvalue weighted by Crippen LogP contribution is 2.43. The summed E-state index contributed by atoms with van der Waals surface area (Å²) in [6.07, 6.45) is 6.56. The van der Waals surface area contributed by atoms with Gasteiger partial charge >= 0.3 is 0 Å². The van der Waals surface area contributed by atoms with Crippen LogP contribution in [0.2, 0.25) is 0 Å². The van der Waals surface area contributed by atoms with Crippen molar-refractivity contribution in [1.29, 1.82) is 0 Å². The van der Waals surface area contributed by atoms with Crippen molar-refractivity contribution in [3.05, 3.63) is 82.7 Å². The molecule has 0 heterocycles. The minimum absolute atomic E-state index is 0.0305. The molecule has 0 N–H and O–H groups in total. The van der Waals surface area contributed by atoms with Crippen LogP contribution in [0.15, 0.2) is 42.5 Å². The van der Waals surface area contributed by atoms with Gasteiger partial charge in [-0.25, -0.2) is 13.2 Å². The number of hydrogen-bond donors (Lipinski definition) is 0. The maximum absolute atomic E-state index is 15.1. The lowest BCUT2D eigenvalue weighted by molar-refractivity contribution is 0.283. The predicted molar refractivity (Wildman–Crippen MR) is 143 cm³/mol. The van der Waals surface area contributed by atoms with Gasteiger partial charge in [0.1, 0.15) is 5.82 Å². The van der Waals surface area contributed by atoms with E-state index in [4.69, 9.17) is 9.47 Å². The quantitative estimate of drug-likeness (QED) is 0.176. The topological polar surface area (TPSA) is 18.5 Å². The van der Waals surface area contributed by atoms with E-state index in [1.54, 1.807) is 19.1 Å². The van der Waals surface area contributed by atoms with Crippen LogP contribution in [0.4, 0.5) is 22.0 Å². The van der Waals surface area contributed by atoms with Gasteiger partial charge in [-0.3, -0.25) is 0 Å². The van der Waals surface area contributed by atoms with Crippen LogP contribution < -0.4 is 9.47 Å². The number of hydrogen-bond acceptors (Lipinski definition) is 2. The summed E-state index contributed by atoms with van der Waals surface area (Å²) in [7, 11) is 0. The summed E-state index contributed by atoms with van der Waals surface area (Å²) in [5.41, 5.74) is 0.894. The fourth-order valence-electron chi connectivity index (χ4n) is 5.43. The van der Waals surface area contributed by atoms with E-state index in [1.807, 2.05) is 0 Å². The van der Waals surface area contributed by atoms with Crippen LogP contribution in [-0.2, 0) is 0 Å². The Morgan fingerprint density at radius 1 is 0.641 bits per heavy atom. The van der Waals surface area contributed by atoms with E-state index in [-0.39, 0.29) is 41.1 Å². The summed E-state index contributed by atoms with van der Waals surface area (Å²) in [6, 6.07) is 10.3. The van der Waals surface area contributed by atoms with Gasteiger partial charge in [-0.1, -0.05) is 44.4 Å². The molecule has 0 bridgehead atoms. The summed E-state index contributed by atoms with van der Waals surface area (Å²) in [5.74, 6) is -5.12. The maximum Gasteiger partial charge on any atom is 0.201 e. The number of benzene rings is 3. The molecule has 39 heavy (non-hydrogen) atoms. The highest BCUT2D eigenvalue weighted by atomic mass is 19.2. The molecule has 3 aromatic rings. The van der Waals surface area contributed by atoms with E-state index in [1.165, 1.54) is 30.3 Å². The number of halogens is 5. The first-order valence-corrected chi connectivity index (χ1v) is 13.9. The van der Waals surface area contributed by atoms with Crippen LogP contribution >= 0.6 is 0 Å². The fourth-order valence-corrected chi connectivity index (χ4v) is 5.43. The predicted octanol–water partition coefficient (Wildman–Crippen LogP) is 9.85. The summed E-state index contributed by atoms with van der Waals surface area (Å²) >= 11 is 0. The zero-order chi connectivity index (χ0) is 27.9. The minimum atomic E-state index is -1.16. The van der Waals surface area contributed by atoms with Crippen LogP contribution in [0, 0.1) is 29.1 Å². The molecule has 1 aliphatic carbocycles. The Hall–Kier alpha value is -3.09. The Kier molecular flexibility index (Phi) is 9.87. The molecule has 3 aromatic carbocycles. The van der Waals surface area contributed by atoms with Crippen LogP contribution in [0.3, 0.4) is 0 Å². The van der Waals surface area contributed by atoms with Crippen molar-refractivity contribution in [2.75, 3.05) is 13.2 Å². The molecule has 210 valence electrons. The van der Waals surface area contributed by atoms with E-state index >= 15 is 4.39 Å².